The number of nitrogens with two attached hydrogens (primary N) is 1. The predicted octanol–water partition coefficient (Wildman–Crippen LogP) is 4.73. The third-order valence-electron chi connectivity index (χ3n) is 8.52. The number of aromatic nitrogens is 1. The molecule has 3 heterocycles. The Morgan fingerprint density at radius 1 is 0.976 bits per heavy atom. The van der Waals surface area contributed by atoms with Crippen LogP contribution in [-0.4, -0.2) is 50.2 Å². The lowest BCUT2D eigenvalue weighted by atomic mass is 9.91. The Kier molecular flexibility index (Phi) is 6.01. The zero-order valence-electron chi connectivity index (χ0n) is 23.1. The Morgan fingerprint density at radius 2 is 1.80 bits per heavy atom. The van der Waals surface area contributed by atoms with Crippen molar-refractivity contribution in [2.24, 2.45) is 5.73 Å². The molecule has 1 saturated heterocycles. The molecule has 1 fully saturated rings. The normalized spacial score (nSPS) is 15.5. The van der Waals surface area contributed by atoms with Crippen LogP contribution in [0, 0.1) is 6.92 Å². The highest BCUT2D eigenvalue weighted by molar-refractivity contribution is 6.11. The van der Waals surface area contributed by atoms with Gasteiger partial charge in [0.05, 0.1) is 26.9 Å². The van der Waals surface area contributed by atoms with Gasteiger partial charge in [-0.25, -0.2) is 0 Å². The quantitative estimate of drug-likeness (QED) is 0.342. The lowest BCUT2D eigenvalue weighted by Gasteiger charge is -2.29. The SMILES string of the molecule is COc1ccc2c(c1)C(=O)N(c1cccc(-c3cnc(C(N)=O)c4c3-c3ccc(N5CCOCC5)cc3C4)c1C)C2. The minimum atomic E-state index is -0.532. The number of carbonyl (C=O) groups is 2. The van der Waals surface area contributed by atoms with E-state index in [2.05, 4.69) is 34.1 Å². The molecule has 3 aliphatic rings. The van der Waals surface area contributed by atoms with Crippen molar-refractivity contribution in [2.75, 3.05) is 43.2 Å². The Labute approximate surface area is 238 Å². The van der Waals surface area contributed by atoms with Crippen LogP contribution >= 0.6 is 0 Å². The number of hydrogen-bond donors (Lipinski definition) is 1. The van der Waals surface area contributed by atoms with Crippen molar-refractivity contribution in [3.05, 3.63) is 94.3 Å². The number of fused-ring (bicyclic) bond motifs is 4. The summed E-state index contributed by atoms with van der Waals surface area (Å²) in [5, 5.41) is 0. The molecule has 0 radical (unpaired) electrons. The lowest BCUT2D eigenvalue weighted by Crippen LogP contribution is -2.36. The van der Waals surface area contributed by atoms with E-state index in [1.165, 1.54) is 0 Å². The van der Waals surface area contributed by atoms with E-state index in [0.717, 1.165) is 69.0 Å². The van der Waals surface area contributed by atoms with Gasteiger partial charge >= 0.3 is 0 Å². The molecular formula is C33H30N4O4. The number of morpholine rings is 1. The Morgan fingerprint density at radius 3 is 2.59 bits per heavy atom. The largest absolute Gasteiger partial charge is 0.497 e. The van der Waals surface area contributed by atoms with Crippen LogP contribution < -0.4 is 20.3 Å². The topological polar surface area (TPSA) is 98.0 Å². The van der Waals surface area contributed by atoms with Crippen LogP contribution in [0.4, 0.5) is 11.4 Å². The van der Waals surface area contributed by atoms with Gasteiger partial charge in [0.2, 0.25) is 0 Å². The molecule has 1 aliphatic carbocycles. The van der Waals surface area contributed by atoms with Crippen LogP contribution in [0.1, 0.15) is 43.1 Å². The van der Waals surface area contributed by atoms with Crippen molar-refractivity contribution in [3.63, 3.8) is 0 Å². The molecule has 0 saturated carbocycles. The number of primary amides is 1. The number of methoxy groups -OCH3 is 1. The summed E-state index contributed by atoms with van der Waals surface area (Å²) >= 11 is 0. The van der Waals surface area contributed by atoms with Crippen molar-refractivity contribution in [1.29, 1.82) is 0 Å². The Bertz CT molecular complexity index is 1740. The van der Waals surface area contributed by atoms with Gasteiger partial charge in [0.25, 0.3) is 11.8 Å². The molecule has 1 aromatic heterocycles. The molecule has 2 amide bonds. The van der Waals surface area contributed by atoms with Gasteiger partial charge in [-0.3, -0.25) is 14.6 Å². The monoisotopic (exact) mass is 546 g/mol. The first-order chi connectivity index (χ1) is 19.9. The van der Waals surface area contributed by atoms with Crippen molar-refractivity contribution in [1.82, 2.24) is 4.98 Å². The van der Waals surface area contributed by atoms with Crippen LogP contribution in [0.2, 0.25) is 0 Å². The van der Waals surface area contributed by atoms with E-state index < -0.39 is 5.91 Å². The Hall–Kier alpha value is -4.69. The fourth-order valence-electron chi connectivity index (χ4n) is 6.44. The molecule has 206 valence electrons. The minimum Gasteiger partial charge on any atom is -0.497 e. The molecule has 2 N–H and O–H groups in total. The van der Waals surface area contributed by atoms with E-state index in [1.807, 2.05) is 36.1 Å². The maximum atomic E-state index is 13.5. The number of ether oxygens (including phenoxy) is 2. The summed E-state index contributed by atoms with van der Waals surface area (Å²) in [6.45, 7) is 5.65. The van der Waals surface area contributed by atoms with Crippen LogP contribution in [0.15, 0.2) is 60.8 Å². The number of hydrogen-bond acceptors (Lipinski definition) is 6. The molecule has 0 unspecified atom stereocenters. The third kappa shape index (κ3) is 4.05. The van der Waals surface area contributed by atoms with Gasteiger partial charge in [-0.2, -0.15) is 0 Å². The van der Waals surface area contributed by atoms with Crippen molar-refractivity contribution in [2.45, 2.75) is 19.9 Å². The molecule has 8 heteroatoms. The van der Waals surface area contributed by atoms with Crippen molar-refractivity contribution < 1.29 is 19.1 Å². The summed E-state index contributed by atoms with van der Waals surface area (Å²) in [6.07, 6.45) is 2.34. The highest BCUT2D eigenvalue weighted by Crippen LogP contribution is 2.47. The summed E-state index contributed by atoms with van der Waals surface area (Å²) in [5.41, 5.74) is 16.6. The smallest absolute Gasteiger partial charge is 0.267 e. The average Bonchev–Trinajstić information content (AvgIpc) is 3.54. The molecule has 41 heavy (non-hydrogen) atoms. The summed E-state index contributed by atoms with van der Waals surface area (Å²) in [6, 6.07) is 18.2. The summed E-state index contributed by atoms with van der Waals surface area (Å²) in [4.78, 5) is 34.6. The number of rotatable bonds is 5. The number of amides is 2. The molecule has 7 rings (SSSR count). The van der Waals surface area contributed by atoms with Gasteiger partial charge in [0.15, 0.2) is 0 Å². The molecule has 0 atom stereocenters. The molecule has 0 bridgehead atoms. The summed E-state index contributed by atoms with van der Waals surface area (Å²) in [5.74, 6) is 0.0824. The van der Waals surface area contributed by atoms with E-state index in [9.17, 15) is 9.59 Å². The number of benzene rings is 3. The van der Waals surface area contributed by atoms with Crippen molar-refractivity contribution >= 4 is 23.2 Å². The number of nitrogens with zero attached hydrogens (tertiary/aromatic N) is 3. The van der Waals surface area contributed by atoms with Gasteiger partial charge in [-0.15, -0.1) is 0 Å². The summed E-state index contributed by atoms with van der Waals surface area (Å²) < 4.78 is 10.9. The van der Waals surface area contributed by atoms with E-state index >= 15 is 0 Å². The number of pyridine rings is 1. The standard InChI is InChI=1S/C33H30N4O4/c1-19-24(4-3-5-29(19)37-18-20-6-8-23(40-2)16-26(20)33(37)39)28-17-35-31(32(34)38)27-15-21-14-22(7-9-25(21)30(27)28)36-10-12-41-13-11-36/h3-9,14,16-17H,10-13,15,18H2,1-2H3,(H2,34,38). The van der Waals surface area contributed by atoms with Gasteiger partial charge in [0.1, 0.15) is 11.4 Å². The molecule has 8 nitrogen and oxygen atoms in total. The predicted molar refractivity (Wildman–Crippen MR) is 158 cm³/mol. The van der Waals surface area contributed by atoms with Crippen LogP contribution in [0.25, 0.3) is 22.3 Å². The second-order valence-corrected chi connectivity index (χ2v) is 10.7. The second kappa shape index (κ2) is 9.74. The van der Waals surface area contributed by atoms with Gasteiger partial charge in [-0.05, 0) is 76.2 Å². The molecule has 3 aromatic carbocycles. The van der Waals surface area contributed by atoms with Gasteiger partial charge in [-0.1, -0.05) is 24.3 Å². The maximum absolute atomic E-state index is 13.5. The van der Waals surface area contributed by atoms with Gasteiger partial charge < -0.3 is 25.0 Å². The van der Waals surface area contributed by atoms with Crippen LogP contribution in [0.5, 0.6) is 5.75 Å². The number of anilines is 2. The average molecular weight is 547 g/mol. The minimum absolute atomic E-state index is 0.0485. The van der Waals surface area contributed by atoms with E-state index in [0.29, 0.717) is 43.2 Å². The van der Waals surface area contributed by atoms with E-state index in [4.69, 9.17) is 15.2 Å². The highest BCUT2D eigenvalue weighted by Gasteiger charge is 2.32. The molecule has 0 spiro atoms. The first-order valence-corrected chi connectivity index (χ1v) is 13.8. The van der Waals surface area contributed by atoms with Gasteiger partial charge in [0, 0.05) is 48.2 Å². The number of carbonyl (C=O) groups excluding carboxylic acids is 2. The Balaban J connectivity index is 1.32. The molecular weight excluding hydrogens is 516 g/mol. The fourth-order valence-corrected chi connectivity index (χ4v) is 6.44. The summed E-state index contributed by atoms with van der Waals surface area (Å²) in [7, 11) is 1.60. The lowest BCUT2D eigenvalue weighted by molar-refractivity contribution is 0.0987. The molecule has 2 aliphatic heterocycles. The zero-order valence-corrected chi connectivity index (χ0v) is 23.1. The molecule has 4 aromatic rings. The highest BCUT2D eigenvalue weighted by atomic mass is 16.5. The third-order valence-corrected chi connectivity index (χ3v) is 8.52. The fraction of sp³-hybridized carbons (Fsp3) is 0.242. The van der Waals surface area contributed by atoms with Crippen LogP contribution in [-0.2, 0) is 17.7 Å². The first-order valence-electron chi connectivity index (χ1n) is 13.8. The first kappa shape index (κ1) is 25.3. The van der Waals surface area contributed by atoms with Crippen LogP contribution in [0.3, 0.4) is 0 Å². The van der Waals surface area contributed by atoms with Crippen molar-refractivity contribution in [3.8, 4) is 28.0 Å². The maximum Gasteiger partial charge on any atom is 0.267 e. The zero-order chi connectivity index (χ0) is 28.2. The van der Waals surface area contributed by atoms with E-state index in [1.54, 1.807) is 19.4 Å². The second-order valence-electron chi connectivity index (χ2n) is 10.7. The van der Waals surface area contributed by atoms with E-state index in [-0.39, 0.29) is 5.91 Å².